The van der Waals surface area contributed by atoms with Crippen molar-refractivity contribution in [3.05, 3.63) is 27.7 Å². The van der Waals surface area contributed by atoms with Gasteiger partial charge in [-0.15, -0.1) is 0 Å². The smallest absolute Gasteiger partial charge is 0.224 e. The van der Waals surface area contributed by atoms with Gasteiger partial charge in [0.15, 0.2) is 0 Å². The molecule has 1 aromatic rings. The van der Waals surface area contributed by atoms with Crippen LogP contribution in [0.2, 0.25) is 5.02 Å². The zero-order chi connectivity index (χ0) is 13.0. The molecule has 2 N–H and O–H groups in total. The normalized spacial score (nSPS) is 16.6. The first-order valence-electron chi connectivity index (χ1n) is 6.11. The van der Waals surface area contributed by atoms with Crippen molar-refractivity contribution in [2.45, 2.75) is 19.3 Å². The number of anilines is 1. The fraction of sp³-hybridized carbons (Fsp3) is 0.462. The van der Waals surface area contributed by atoms with Crippen LogP contribution in [0.1, 0.15) is 19.3 Å². The SMILES string of the molecule is O=C(CC1CCNCC1)Nc1ccc(Cl)cc1Br. The molecule has 0 bridgehead atoms. The molecule has 0 spiro atoms. The summed E-state index contributed by atoms with van der Waals surface area (Å²) in [5, 5.41) is 6.87. The first kappa shape index (κ1) is 13.8. The van der Waals surface area contributed by atoms with Crippen LogP contribution in [0, 0.1) is 5.92 Å². The second-order valence-electron chi connectivity index (χ2n) is 4.57. The van der Waals surface area contributed by atoms with Crippen molar-refractivity contribution in [3.8, 4) is 0 Å². The van der Waals surface area contributed by atoms with Crippen LogP contribution in [0.4, 0.5) is 5.69 Å². The van der Waals surface area contributed by atoms with Gasteiger partial charge in [0.2, 0.25) is 5.91 Å². The molecule has 3 nitrogen and oxygen atoms in total. The quantitative estimate of drug-likeness (QED) is 0.891. The molecule has 0 saturated carbocycles. The first-order valence-corrected chi connectivity index (χ1v) is 7.28. The molecule has 1 aliphatic heterocycles. The average Bonchev–Trinajstić information content (AvgIpc) is 2.34. The summed E-state index contributed by atoms with van der Waals surface area (Å²) in [5.41, 5.74) is 0.776. The fourth-order valence-corrected chi connectivity index (χ4v) is 2.92. The second kappa shape index (κ2) is 6.55. The first-order chi connectivity index (χ1) is 8.65. The van der Waals surface area contributed by atoms with Gasteiger partial charge in [-0.25, -0.2) is 0 Å². The largest absolute Gasteiger partial charge is 0.325 e. The van der Waals surface area contributed by atoms with Gasteiger partial charge in [-0.3, -0.25) is 4.79 Å². The Balaban J connectivity index is 1.90. The van der Waals surface area contributed by atoms with Crippen molar-refractivity contribution in [1.29, 1.82) is 0 Å². The van der Waals surface area contributed by atoms with Crippen LogP contribution in [-0.4, -0.2) is 19.0 Å². The maximum Gasteiger partial charge on any atom is 0.224 e. The lowest BCUT2D eigenvalue weighted by Gasteiger charge is -2.22. The number of hydrogen-bond donors (Lipinski definition) is 2. The predicted molar refractivity (Wildman–Crippen MR) is 78.0 cm³/mol. The third-order valence-corrected chi connectivity index (χ3v) is 4.03. The Morgan fingerprint density at radius 2 is 2.17 bits per heavy atom. The minimum atomic E-state index is 0.0740. The van der Waals surface area contributed by atoms with Crippen LogP contribution in [-0.2, 0) is 4.79 Å². The van der Waals surface area contributed by atoms with E-state index in [0.29, 0.717) is 17.4 Å². The zero-order valence-electron chi connectivity index (χ0n) is 10.0. The number of halogens is 2. The minimum Gasteiger partial charge on any atom is -0.325 e. The molecule has 0 aromatic heterocycles. The summed E-state index contributed by atoms with van der Waals surface area (Å²) < 4.78 is 0.814. The average molecular weight is 332 g/mol. The van der Waals surface area contributed by atoms with Crippen LogP contribution in [0.5, 0.6) is 0 Å². The predicted octanol–water partition coefficient (Wildman–Crippen LogP) is 3.43. The molecule has 0 aliphatic carbocycles. The number of hydrogen-bond acceptors (Lipinski definition) is 2. The molecule has 1 heterocycles. The molecular formula is C13H16BrClN2O. The number of benzene rings is 1. The van der Waals surface area contributed by atoms with Gasteiger partial charge in [-0.05, 0) is 66.0 Å². The molecule has 98 valence electrons. The van der Waals surface area contributed by atoms with Crippen molar-refractivity contribution in [1.82, 2.24) is 5.32 Å². The van der Waals surface area contributed by atoms with Gasteiger partial charge in [0.25, 0.3) is 0 Å². The van der Waals surface area contributed by atoms with Crippen molar-refractivity contribution < 1.29 is 4.79 Å². The highest BCUT2D eigenvalue weighted by Crippen LogP contribution is 2.26. The Morgan fingerprint density at radius 1 is 1.44 bits per heavy atom. The number of carbonyl (C=O) groups excluding carboxylic acids is 1. The van der Waals surface area contributed by atoms with E-state index in [1.54, 1.807) is 12.1 Å². The number of rotatable bonds is 3. The summed E-state index contributed by atoms with van der Waals surface area (Å²) >= 11 is 9.25. The van der Waals surface area contributed by atoms with Crippen LogP contribution in [0.25, 0.3) is 0 Å². The van der Waals surface area contributed by atoms with E-state index in [9.17, 15) is 4.79 Å². The van der Waals surface area contributed by atoms with E-state index in [-0.39, 0.29) is 5.91 Å². The Morgan fingerprint density at radius 3 is 2.83 bits per heavy atom. The summed E-state index contributed by atoms with van der Waals surface area (Å²) in [6.07, 6.45) is 2.75. The molecule has 18 heavy (non-hydrogen) atoms. The molecule has 1 aromatic carbocycles. The molecule has 5 heteroatoms. The van der Waals surface area contributed by atoms with Gasteiger partial charge in [-0.1, -0.05) is 11.6 Å². The van der Waals surface area contributed by atoms with Crippen LogP contribution in [0.3, 0.4) is 0 Å². The van der Waals surface area contributed by atoms with Crippen LogP contribution in [0.15, 0.2) is 22.7 Å². The van der Waals surface area contributed by atoms with Gasteiger partial charge in [0.05, 0.1) is 5.69 Å². The highest BCUT2D eigenvalue weighted by Gasteiger charge is 2.17. The molecule has 1 aliphatic rings. The third kappa shape index (κ3) is 3.97. The summed E-state index contributed by atoms with van der Waals surface area (Å²) in [5.74, 6) is 0.572. The highest BCUT2D eigenvalue weighted by molar-refractivity contribution is 9.10. The number of nitrogens with one attached hydrogen (secondary N) is 2. The maximum absolute atomic E-state index is 11.9. The molecule has 0 radical (unpaired) electrons. The maximum atomic E-state index is 11.9. The van der Waals surface area contributed by atoms with Crippen molar-refractivity contribution in [3.63, 3.8) is 0 Å². The van der Waals surface area contributed by atoms with Gasteiger partial charge < -0.3 is 10.6 Å². The second-order valence-corrected chi connectivity index (χ2v) is 5.86. The topological polar surface area (TPSA) is 41.1 Å². The standard InChI is InChI=1S/C13H16BrClN2O/c14-11-8-10(15)1-2-12(11)17-13(18)7-9-3-5-16-6-4-9/h1-2,8-9,16H,3-7H2,(H,17,18). The Hall–Kier alpha value is -0.580. The van der Waals surface area contributed by atoms with Gasteiger partial charge in [0, 0.05) is 15.9 Å². The lowest BCUT2D eigenvalue weighted by atomic mass is 9.94. The van der Waals surface area contributed by atoms with E-state index in [1.165, 1.54) is 0 Å². The summed E-state index contributed by atoms with van der Waals surface area (Å²) in [6, 6.07) is 5.36. The lowest BCUT2D eigenvalue weighted by Crippen LogP contribution is -2.30. The van der Waals surface area contributed by atoms with E-state index >= 15 is 0 Å². The third-order valence-electron chi connectivity index (χ3n) is 3.14. The van der Waals surface area contributed by atoms with Crippen LogP contribution < -0.4 is 10.6 Å². The number of amides is 1. The van der Waals surface area contributed by atoms with Crippen molar-refractivity contribution in [2.75, 3.05) is 18.4 Å². The lowest BCUT2D eigenvalue weighted by molar-refractivity contribution is -0.117. The molecule has 0 atom stereocenters. The van der Waals surface area contributed by atoms with Gasteiger partial charge in [-0.2, -0.15) is 0 Å². The van der Waals surface area contributed by atoms with Crippen LogP contribution >= 0.6 is 27.5 Å². The van der Waals surface area contributed by atoms with E-state index < -0.39 is 0 Å². The Labute approximate surface area is 120 Å². The van der Waals surface area contributed by atoms with E-state index in [2.05, 4.69) is 26.6 Å². The zero-order valence-corrected chi connectivity index (χ0v) is 12.4. The fourth-order valence-electron chi connectivity index (χ4n) is 2.14. The molecule has 2 rings (SSSR count). The highest BCUT2D eigenvalue weighted by atomic mass is 79.9. The molecular weight excluding hydrogens is 316 g/mol. The Bertz CT molecular complexity index is 433. The van der Waals surface area contributed by atoms with Gasteiger partial charge in [0.1, 0.15) is 0 Å². The minimum absolute atomic E-state index is 0.0740. The Kier molecular flexibility index (Phi) is 5.03. The van der Waals surface area contributed by atoms with Gasteiger partial charge >= 0.3 is 0 Å². The van der Waals surface area contributed by atoms with E-state index in [4.69, 9.17) is 11.6 Å². The number of carbonyl (C=O) groups is 1. The molecule has 0 unspecified atom stereocenters. The van der Waals surface area contributed by atoms with E-state index in [1.807, 2.05) is 6.07 Å². The summed E-state index contributed by atoms with van der Waals surface area (Å²) in [7, 11) is 0. The number of piperidine rings is 1. The van der Waals surface area contributed by atoms with E-state index in [0.717, 1.165) is 36.1 Å². The summed E-state index contributed by atoms with van der Waals surface area (Å²) in [4.78, 5) is 11.9. The molecule has 1 saturated heterocycles. The summed E-state index contributed by atoms with van der Waals surface area (Å²) in [6.45, 7) is 2.03. The molecule has 1 fully saturated rings. The van der Waals surface area contributed by atoms with Crippen molar-refractivity contribution >= 4 is 39.1 Å². The molecule has 1 amide bonds. The van der Waals surface area contributed by atoms with Crippen molar-refractivity contribution in [2.24, 2.45) is 5.92 Å². The monoisotopic (exact) mass is 330 g/mol.